The average Bonchev–Trinajstić information content (AvgIpc) is 2.80. The molecule has 0 saturated heterocycles. The van der Waals surface area contributed by atoms with Gasteiger partial charge in [-0.05, 0) is 93.3 Å². The van der Waals surface area contributed by atoms with Crippen LogP contribution in [0.2, 0.25) is 36.3 Å². The highest BCUT2D eigenvalue weighted by Gasteiger charge is 2.40. The third-order valence-electron chi connectivity index (χ3n) is 7.34. The highest BCUT2D eigenvalue weighted by Crippen LogP contribution is 2.39. The molecule has 0 saturated carbocycles. The van der Waals surface area contributed by atoms with Gasteiger partial charge in [0.1, 0.15) is 12.8 Å². The molecule has 0 fully saturated rings. The van der Waals surface area contributed by atoms with E-state index in [-0.39, 0.29) is 23.8 Å². The van der Waals surface area contributed by atoms with Crippen molar-refractivity contribution in [2.45, 2.75) is 97.6 Å². The van der Waals surface area contributed by atoms with Gasteiger partial charge in [-0.3, -0.25) is 4.79 Å². The summed E-state index contributed by atoms with van der Waals surface area (Å²) in [6, 6.07) is 16.4. The fourth-order valence-corrected chi connectivity index (χ4v) is 5.02. The maximum absolute atomic E-state index is 11.0. The SMILES string of the molecule is C=CCc1ccccc1O[Si](C)(C)C(C)(C)C.CC(=O)/C=C/Cc1ccccc1O[Si](C)(C)C(C)(C)C.[3H]P=S. The number of para-hydroxylation sites is 2. The van der Waals surface area contributed by atoms with Crippen molar-refractivity contribution in [2.24, 2.45) is 0 Å². The highest BCUT2D eigenvalue weighted by atomic mass is 32.4. The fraction of sp³-hybridized carbons (Fsp3) is 0.469. The molecule has 0 atom stereocenters. The van der Waals surface area contributed by atoms with Crippen LogP contribution in [0.1, 0.15) is 59.6 Å². The van der Waals surface area contributed by atoms with E-state index in [1.165, 1.54) is 5.56 Å². The maximum atomic E-state index is 11.0. The van der Waals surface area contributed by atoms with E-state index in [9.17, 15) is 4.79 Å². The number of hydrogen-bond acceptors (Lipinski definition) is 4. The van der Waals surface area contributed by atoms with Crippen molar-refractivity contribution in [3.05, 3.63) is 84.5 Å². The molecule has 0 spiro atoms. The minimum Gasteiger partial charge on any atom is -0.543 e. The summed E-state index contributed by atoms with van der Waals surface area (Å²) >= 11 is 4.03. The Balaban J connectivity index is 0.000000699. The van der Waals surface area contributed by atoms with Gasteiger partial charge >= 0.3 is 0 Å². The predicted molar refractivity (Wildman–Crippen MR) is 182 cm³/mol. The first-order valence-corrected chi connectivity index (χ1v) is 20.7. The normalized spacial score (nSPS) is 12.4. The largest absolute Gasteiger partial charge is 0.543 e. The zero-order chi connectivity index (χ0) is 31.2. The van der Waals surface area contributed by atoms with E-state index in [1.807, 2.05) is 36.4 Å². The Kier molecular flexibility index (Phi) is 14.8. The Morgan fingerprint density at radius 3 is 1.56 bits per heavy atom. The zero-order valence-corrected chi connectivity index (χ0v) is 29.8. The number of rotatable bonds is 9. The van der Waals surface area contributed by atoms with E-state index in [2.05, 4.69) is 110 Å². The van der Waals surface area contributed by atoms with Crippen LogP contribution in [0.15, 0.2) is 73.3 Å². The van der Waals surface area contributed by atoms with Crippen molar-refractivity contribution < 1.29 is 13.6 Å². The van der Waals surface area contributed by atoms with Gasteiger partial charge < -0.3 is 8.85 Å². The summed E-state index contributed by atoms with van der Waals surface area (Å²) in [6.45, 7) is 27.9. The van der Waals surface area contributed by atoms with Crippen LogP contribution in [-0.2, 0) is 29.4 Å². The summed E-state index contributed by atoms with van der Waals surface area (Å²) in [6.07, 6.45) is 7.03. The summed E-state index contributed by atoms with van der Waals surface area (Å²) in [4.78, 5) is 11.0. The Hall–Kier alpha value is -1.86. The van der Waals surface area contributed by atoms with Gasteiger partial charge in [0, 0.05) is 0 Å². The van der Waals surface area contributed by atoms with Crippen LogP contribution in [0, 0.1) is 0 Å². The lowest BCUT2D eigenvalue weighted by molar-refractivity contribution is -0.112. The number of ketones is 1. The summed E-state index contributed by atoms with van der Waals surface area (Å²) < 4.78 is 18.7. The molecule has 0 unspecified atom stereocenters. The van der Waals surface area contributed by atoms with Crippen LogP contribution in [0.4, 0.5) is 0 Å². The number of carbonyl (C=O) groups excluding carboxylic acids is 1. The molecule has 0 heterocycles. The van der Waals surface area contributed by atoms with Crippen molar-refractivity contribution in [1.82, 2.24) is 0 Å². The minimum absolute atomic E-state index is 0.0767. The molecular formula is C32H51O3PSSi2. The first-order chi connectivity index (χ1) is 18.3. The van der Waals surface area contributed by atoms with Gasteiger partial charge in [0.2, 0.25) is 16.6 Å². The van der Waals surface area contributed by atoms with E-state index in [0.717, 1.165) is 29.9 Å². The molecule has 0 radical (unpaired) electrons. The third kappa shape index (κ3) is 12.9. The average molecular weight is 605 g/mol. The zero-order valence-electron chi connectivity index (χ0n) is 27.1. The quantitative estimate of drug-likeness (QED) is 0.123. The van der Waals surface area contributed by atoms with E-state index in [0.29, 0.717) is 0 Å². The first kappa shape index (κ1) is 35.2. The van der Waals surface area contributed by atoms with E-state index < -0.39 is 16.6 Å². The molecule has 39 heavy (non-hydrogen) atoms. The second kappa shape index (κ2) is 16.4. The van der Waals surface area contributed by atoms with Crippen LogP contribution in [-0.4, -0.2) is 23.7 Å². The van der Waals surface area contributed by atoms with Crippen molar-refractivity contribution >= 4 is 42.2 Å². The van der Waals surface area contributed by atoms with Crippen LogP contribution < -0.4 is 8.85 Å². The van der Waals surface area contributed by atoms with Crippen molar-refractivity contribution in [1.29, 1.82) is 1.28 Å². The molecule has 7 heteroatoms. The topological polar surface area (TPSA) is 35.5 Å². The molecule has 0 N–H and O–H groups in total. The van der Waals surface area contributed by atoms with Crippen LogP contribution in [0.25, 0.3) is 0 Å². The molecule has 0 aliphatic rings. The Labute approximate surface area is 249 Å². The molecule has 216 valence electrons. The highest BCUT2D eigenvalue weighted by molar-refractivity contribution is 7.88. The summed E-state index contributed by atoms with van der Waals surface area (Å²) in [5.41, 5.74) is 2.36. The lowest BCUT2D eigenvalue weighted by atomic mass is 10.1. The lowest BCUT2D eigenvalue weighted by Gasteiger charge is -2.37. The smallest absolute Gasteiger partial charge is 0.250 e. The molecule has 0 bridgehead atoms. The van der Waals surface area contributed by atoms with E-state index in [4.69, 9.17) is 10.1 Å². The minimum atomic E-state index is -1.83. The molecule has 0 aliphatic carbocycles. The molecule has 2 aromatic carbocycles. The standard InChI is InChI=1S/C17H26O2Si.C15H24OSi.HPS/c1-14(18)10-9-12-15-11-7-8-13-16(15)19-20(5,6)17(2,3)4;1-7-10-13-11-8-9-12-14(13)16-17(5,6)15(2,3)4;1-2/h7-11,13H,12H2,1-6H3;7-9,11-12H,1,10H2,2-6H3;1H/b10-9+;;/i;;1T. The maximum Gasteiger partial charge on any atom is 0.250 e. The number of allylic oxidation sites excluding steroid dienone is 3. The molecule has 0 aromatic heterocycles. The summed E-state index contributed by atoms with van der Waals surface area (Å²) in [5.74, 6) is 2.05. The Bertz CT molecular complexity index is 1120. The molecular weight excluding hydrogens is 552 g/mol. The Morgan fingerprint density at radius 2 is 1.23 bits per heavy atom. The van der Waals surface area contributed by atoms with Gasteiger partial charge in [0.05, 0.1) is 0 Å². The van der Waals surface area contributed by atoms with Gasteiger partial charge in [-0.2, -0.15) is 0 Å². The monoisotopic (exact) mass is 604 g/mol. The van der Waals surface area contributed by atoms with Gasteiger partial charge in [-0.25, -0.2) is 0 Å². The second-order valence-corrected chi connectivity index (χ2v) is 22.1. The summed E-state index contributed by atoms with van der Waals surface area (Å²) in [7, 11) is -3.32. The van der Waals surface area contributed by atoms with Gasteiger partial charge in [-0.15, -0.1) is 6.58 Å². The van der Waals surface area contributed by atoms with Crippen LogP contribution in [0.3, 0.4) is 0 Å². The Morgan fingerprint density at radius 1 is 0.872 bits per heavy atom. The summed E-state index contributed by atoms with van der Waals surface area (Å²) in [5, 5.41) is 0.406. The van der Waals surface area contributed by atoms with E-state index in [1.54, 1.807) is 13.0 Å². The predicted octanol–water partition coefficient (Wildman–Crippen LogP) is 10.1. The van der Waals surface area contributed by atoms with E-state index >= 15 is 0 Å². The van der Waals surface area contributed by atoms with Crippen LogP contribution in [0.5, 0.6) is 11.5 Å². The number of carbonyl (C=O) groups is 1. The molecule has 0 aliphatic heterocycles. The number of hydrogen-bond donors (Lipinski definition) is 0. The molecule has 2 rings (SSSR count). The molecule has 3 nitrogen and oxygen atoms in total. The third-order valence-corrected chi connectivity index (χ3v) is 16.0. The number of benzene rings is 2. The second-order valence-electron chi connectivity index (χ2n) is 12.7. The lowest BCUT2D eigenvalue weighted by Crippen LogP contribution is -2.44. The van der Waals surface area contributed by atoms with Crippen molar-refractivity contribution in [3.63, 3.8) is 0 Å². The van der Waals surface area contributed by atoms with Gasteiger partial charge in [-0.1, -0.05) is 102 Å². The van der Waals surface area contributed by atoms with Crippen molar-refractivity contribution in [3.8, 4) is 11.5 Å². The van der Waals surface area contributed by atoms with Crippen molar-refractivity contribution in [2.75, 3.05) is 0 Å². The van der Waals surface area contributed by atoms with Crippen LogP contribution >= 0.6 is 7.96 Å². The fourth-order valence-electron chi connectivity index (χ4n) is 2.91. The van der Waals surface area contributed by atoms with Gasteiger partial charge in [0.15, 0.2) is 5.78 Å². The first-order valence-electron chi connectivity index (χ1n) is 13.9. The molecule has 0 amide bonds. The van der Waals surface area contributed by atoms with Gasteiger partial charge in [0.25, 0.3) is 0 Å². The molecule has 2 aromatic rings.